The smallest absolute Gasteiger partial charge is 0.162 e. The Kier molecular flexibility index (Phi) is 3.38. The summed E-state index contributed by atoms with van der Waals surface area (Å²) < 4.78 is 0. The lowest BCUT2D eigenvalue weighted by Gasteiger charge is -2.39. The summed E-state index contributed by atoms with van der Waals surface area (Å²) in [5.41, 5.74) is 4.50. The molecule has 0 spiro atoms. The molecule has 3 heteroatoms. The minimum absolute atomic E-state index is 0.00496. The molecule has 0 bridgehead atoms. The van der Waals surface area contributed by atoms with Crippen molar-refractivity contribution < 1.29 is 4.79 Å². The maximum absolute atomic E-state index is 13.1. The van der Waals surface area contributed by atoms with Gasteiger partial charge in [0.2, 0.25) is 0 Å². The first kappa shape index (κ1) is 15.8. The van der Waals surface area contributed by atoms with E-state index in [0.717, 1.165) is 17.7 Å². The van der Waals surface area contributed by atoms with E-state index < -0.39 is 0 Å². The van der Waals surface area contributed by atoms with Gasteiger partial charge < -0.3 is 5.32 Å². The molecule has 130 valence electrons. The van der Waals surface area contributed by atoms with E-state index in [1.165, 1.54) is 26.9 Å². The van der Waals surface area contributed by atoms with Gasteiger partial charge in [0.1, 0.15) is 0 Å². The molecule has 3 aromatic rings. The fraction of sp³-hybridized carbons (Fsp3) is 0.261. The van der Waals surface area contributed by atoms with Crippen molar-refractivity contribution in [3.63, 3.8) is 0 Å². The van der Waals surface area contributed by atoms with Crippen LogP contribution in [-0.2, 0) is 4.79 Å². The average molecular weight is 359 g/mol. The number of fused-ring (bicyclic) bond motifs is 3. The van der Waals surface area contributed by atoms with E-state index in [9.17, 15) is 4.79 Å². The SMILES string of the molecule is CC1(C)CC(=O)C2=C(C1)Nc1c(ccc3ccccc13)C2c1cccs1. The Labute approximate surface area is 157 Å². The molecule has 1 unspecified atom stereocenters. The first-order chi connectivity index (χ1) is 12.5. The minimum Gasteiger partial charge on any atom is -0.358 e. The maximum atomic E-state index is 13.1. The number of hydrogen-bond donors (Lipinski definition) is 1. The molecule has 1 aliphatic carbocycles. The number of ketones is 1. The quantitative estimate of drug-likeness (QED) is 0.568. The lowest BCUT2D eigenvalue weighted by Crippen LogP contribution is -2.33. The number of Topliss-reactive ketones (excluding diaryl/α,β-unsaturated/α-hetero) is 1. The number of benzene rings is 2. The average Bonchev–Trinajstić information content (AvgIpc) is 3.13. The van der Waals surface area contributed by atoms with Gasteiger partial charge in [0.05, 0.1) is 11.6 Å². The van der Waals surface area contributed by atoms with Crippen LogP contribution in [0.4, 0.5) is 5.69 Å². The van der Waals surface area contributed by atoms with Gasteiger partial charge in [-0.3, -0.25) is 4.79 Å². The fourth-order valence-electron chi connectivity index (χ4n) is 4.51. The third kappa shape index (κ3) is 2.34. The lowest BCUT2D eigenvalue weighted by atomic mass is 9.69. The van der Waals surface area contributed by atoms with Crippen molar-refractivity contribution in [2.45, 2.75) is 32.6 Å². The standard InChI is InChI=1S/C23H21NOS/c1-23(2)12-17-21(18(25)13-23)20(19-8-5-11-26-19)16-10-9-14-6-3-4-7-15(14)22(16)24-17/h3-11,20,24H,12-13H2,1-2H3. The topological polar surface area (TPSA) is 29.1 Å². The summed E-state index contributed by atoms with van der Waals surface area (Å²) in [5.74, 6) is 0.343. The highest BCUT2D eigenvalue weighted by Gasteiger charge is 2.41. The molecule has 2 aliphatic rings. The molecule has 2 nitrogen and oxygen atoms in total. The van der Waals surface area contributed by atoms with E-state index in [0.29, 0.717) is 12.2 Å². The van der Waals surface area contributed by atoms with E-state index in [2.05, 4.69) is 73.1 Å². The summed E-state index contributed by atoms with van der Waals surface area (Å²) in [6.45, 7) is 4.38. The predicted molar refractivity (Wildman–Crippen MR) is 109 cm³/mol. The van der Waals surface area contributed by atoms with Crippen LogP contribution in [0.25, 0.3) is 10.8 Å². The molecule has 5 rings (SSSR count). The van der Waals surface area contributed by atoms with Crippen molar-refractivity contribution in [2.24, 2.45) is 5.41 Å². The zero-order valence-electron chi connectivity index (χ0n) is 15.0. The number of nitrogens with one attached hydrogen (secondary N) is 1. The van der Waals surface area contributed by atoms with Crippen LogP contribution in [0, 0.1) is 5.41 Å². The Morgan fingerprint density at radius 3 is 2.69 bits per heavy atom. The number of carbonyl (C=O) groups excluding carboxylic acids is 1. The van der Waals surface area contributed by atoms with Crippen molar-refractivity contribution in [3.05, 3.63) is 75.6 Å². The summed E-state index contributed by atoms with van der Waals surface area (Å²) in [6, 6.07) is 17.1. The van der Waals surface area contributed by atoms with Crippen LogP contribution in [-0.4, -0.2) is 5.78 Å². The normalized spacial score (nSPS) is 21.3. The van der Waals surface area contributed by atoms with Crippen LogP contribution in [0.1, 0.15) is 43.0 Å². The Balaban J connectivity index is 1.80. The summed E-state index contributed by atoms with van der Waals surface area (Å²) in [5, 5.41) is 8.25. The van der Waals surface area contributed by atoms with Gasteiger partial charge in [-0.05, 0) is 34.2 Å². The van der Waals surface area contributed by atoms with Gasteiger partial charge in [-0.2, -0.15) is 0 Å². The van der Waals surface area contributed by atoms with Crippen molar-refractivity contribution >= 4 is 33.6 Å². The Morgan fingerprint density at radius 1 is 1.04 bits per heavy atom. The minimum atomic E-state index is 0.00496. The number of carbonyl (C=O) groups is 1. The molecule has 0 radical (unpaired) electrons. The molecule has 1 aromatic heterocycles. The van der Waals surface area contributed by atoms with E-state index in [4.69, 9.17) is 0 Å². The number of allylic oxidation sites excluding steroid dienone is 2. The van der Waals surface area contributed by atoms with Gasteiger partial charge in [0, 0.05) is 28.0 Å². The molecule has 0 saturated carbocycles. The van der Waals surface area contributed by atoms with Gasteiger partial charge >= 0.3 is 0 Å². The second kappa shape index (κ2) is 5.55. The van der Waals surface area contributed by atoms with Gasteiger partial charge in [0.25, 0.3) is 0 Å². The summed E-state index contributed by atoms with van der Waals surface area (Å²) >= 11 is 1.74. The fourth-order valence-corrected chi connectivity index (χ4v) is 5.36. The van der Waals surface area contributed by atoms with Crippen LogP contribution in [0.5, 0.6) is 0 Å². The maximum Gasteiger partial charge on any atom is 0.162 e. The third-order valence-corrected chi connectivity index (χ3v) is 6.52. The van der Waals surface area contributed by atoms with E-state index >= 15 is 0 Å². The molecule has 1 atom stereocenters. The lowest BCUT2D eigenvalue weighted by molar-refractivity contribution is -0.118. The van der Waals surface area contributed by atoms with E-state index in [1.54, 1.807) is 11.3 Å². The largest absolute Gasteiger partial charge is 0.358 e. The zero-order chi connectivity index (χ0) is 17.9. The zero-order valence-corrected chi connectivity index (χ0v) is 15.8. The van der Waals surface area contributed by atoms with E-state index in [1.807, 2.05) is 0 Å². The van der Waals surface area contributed by atoms with Gasteiger partial charge in [-0.1, -0.05) is 56.3 Å². The Hall–Kier alpha value is -2.39. The molecule has 26 heavy (non-hydrogen) atoms. The number of thiophene rings is 1. The summed E-state index contributed by atoms with van der Waals surface area (Å²) in [7, 11) is 0. The number of hydrogen-bond acceptors (Lipinski definition) is 3. The molecule has 1 N–H and O–H groups in total. The first-order valence-corrected chi connectivity index (χ1v) is 10.00. The van der Waals surface area contributed by atoms with Crippen LogP contribution < -0.4 is 5.32 Å². The monoisotopic (exact) mass is 359 g/mol. The van der Waals surface area contributed by atoms with Crippen molar-refractivity contribution in [1.82, 2.24) is 0 Å². The second-order valence-corrected chi connectivity index (χ2v) is 9.14. The Bertz CT molecular complexity index is 1060. The molecule has 1 aliphatic heterocycles. The molecule has 0 fully saturated rings. The highest BCUT2D eigenvalue weighted by molar-refractivity contribution is 7.10. The van der Waals surface area contributed by atoms with Crippen molar-refractivity contribution in [1.29, 1.82) is 0 Å². The molecule has 2 heterocycles. The van der Waals surface area contributed by atoms with Crippen molar-refractivity contribution in [2.75, 3.05) is 5.32 Å². The van der Waals surface area contributed by atoms with Gasteiger partial charge in [-0.15, -0.1) is 11.3 Å². The van der Waals surface area contributed by atoms with Gasteiger partial charge in [0.15, 0.2) is 5.78 Å². The van der Waals surface area contributed by atoms with Crippen LogP contribution >= 0.6 is 11.3 Å². The van der Waals surface area contributed by atoms with Crippen LogP contribution in [0.2, 0.25) is 0 Å². The number of anilines is 1. The molecule has 0 saturated heterocycles. The first-order valence-electron chi connectivity index (χ1n) is 9.12. The third-order valence-electron chi connectivity index (χ3n) is 5.58. The molecule has 2 aromatic carbocycles. The molecular weight excluding hydrogens is 338 g/mol. The molecule has 0 amide bonds. The second-order valence-electron chi connectivity index (χ2n) is 8.16. The van der Waals surface area contributed by atoms with Crippen molar-refractivity contribution in [3.8, 4) is 0 Å². The summed E-state index contributed by atoms with van der Waals surface area (Å²) in [4.78, 5) is 14.4. The Morgan fingerprint density at radius 2 is 1.88 bits per heavy atom. The number of rotatable bonds is 1. The van der Waals surface area contributed by atoms with Gasteiger partial charge in [-0.25, -0.2) is 0 Å². The van der Waals surface area contributed by atoms with Crippen LogP contribution in [0.3, 0.4) is 0 Å². The summed E-state index contributed by atoms with van der Waals surface area (Å²) in [6.07, 6.45) is 1.54. The highest BCUT2D eigenvalue weighted by atomic mass is 32.1. The highest BCUT2D eigenvalue weighted by Crippen LogP contribution is 2.51. The van der Waals surface area contributed by atoms with E-state index in [-0.39, 0.29) is 11.3 Å². The van der Waals surface area contributed by atoms with Crippen LogP contribution in [0.15, 0.2) is 65.2 Å². The predicted octanol–water partition coefficient (Wildman–Crippen LogP) is 6.10. The molecular formula is C23H21NOS.